The number of hydrogen-bond acceptors (Lipinski definition) is 3. The molecule has 3 rings (SSSR count). The first kappa shape index (κ1) is 13.2. The van der Waals surface area contributed by atoms with Crippen molar-refractivity contribution in [2.75, 3.05) is 26.7 Å². The lowest BCUT2D eigenvalue weighted by molar-refractivity contribution is 0.261. The van der Waals surface area contributed by atoms with Gasteiger partial charge < -0.3 is 9.64 Å². The van der Waals surface area contributed by atoms with Gasteiger partial charge in [0, 0.05) is 25.0 Å². The van der Waals surface area contributed by atoms with Crippen molar-refractivity contribution in [3.8, 4) is 5.75 Å². The van der Waals surface area contributed by atoms with E-state index in [0.29, 0.717) is 11.7 Å². The molecule has 0 atom stereocenters. The first-order chi connectivity index (χ1) is 9.78. The van der Waals surface area contributed by atoms with Crippen LogP contribution in [0.15, 0.2) is 35.0 Å². The third kappa shape index (κ3) is 2.55. The Morgan fingerprint density at radius 3 is 2.70 bits per heavy atom. The summed E-state index contributed by atoms with van der Waals surface area (Å²) in [5, 5.41) is 0. The molecule has 4 heteroatoms. The number of methoxy groups -OCH3 is 1. The number of nitrogens with zero attached hydrogens (tertiary/aromatic N) is 2. The second kappa shape index (κ2) is 5.65. The van der Waals surface area contributed by atoms with E-state index in [1.54, 1.807) is 12.1 Å². The second-order valence-electron chi connectivity index (χ2n) is 5.30. The van der Waals surface area contributed by atoms with E-state index in [9.17, 15) is 4.39 Å². The van der Waals surface area contributed by atoms with Crippen molar-refractivity contribution in [2.45, 2.75) is 18.8 Å². The van der Waals surface area contributed by atoms with Crippen molar-refractivity contribution in [3.63, 3.8) is 0 Å². The molecule has 0 saturated carbocycles. The molecule has 0 aliphatic carbocycles. The van der Waals surface area contributed by atoms with Crippen LogP contribution in [0.2, 0.25) is 0 Å². The number of ether oxygens (including phenoxy) is 1. The van der Waals surface area contributed by atoms with Crippen molar-refractivity contribution < 1.29 is 9.13 Å². The predicted molar refractivity (Wildman–Crippen MR) is 77.9 cm³/mol. The molecular formula is C16H19FN2O. The average molecular weight is 274 g/mol. The molecule has 0 bridgehead atoms. The lowest BCUT2D eigenvalue weighted by Gasteiger charge is -2.34. The van der Waals surface area contributed by atoms with Gasteiger partial charge in [0.25, 0.3) is 0 Å². The molecule has 1 aromatic rings. The average Bonchev–Trinajstić information content (AvgIpc) is 3.01. The SMILES string of the molecule is COc1ccc(C2CCN(C3=CC=NC3)CC2)cc1F. The number of likely N-dealkylation sites (tertiary alicyclic amines) is 1. The van der Waals surface area contributed by atoms with Gasteiger partial charge in [-0.25, -0.2) is 4.39 Å². The number of aliphatic imine (C=N–C) groups is 1. The number of hydrogen-bond donors (Lipinski definition) is 0. The molecule has 106 valence electrons. The van der Waals surface area contributed by atoms with Gasteiger partial charge in [0.2, 0.25) is 0 Å². The van der Waals surface area contributed by atoms with E-state index in [0.717, 1.165) is 38.0 Å². The number of halogens is 1. The number of rotatable bonds is 3. The highest BCUT2D eigenvalue weighted by atomic mass is 19.1. The summed E-state index contributed by atoms with van der Waals surface area (Å²) in [7, 11) is 1.49. The van der Waals surface area contributed by atoms with Crippen LogP contribution in [0.4, 0.5) is 4.39 Å². The molecule has 3 nitrogen and oxygen atoms in total. The summed E-state index contributed by atoms with van der Waals surface area (Å²) >= 11 is 0. The standard InChI is InChI=1S/C16H19FN2O/c1-20-16-3-2-13(10-15(16)17)12-5-8-19(9-6-12)14-4-7-18-11-14/h2-4,7,10,12H,5-6,8-9,11H2,1H3. The lowest BCUT2D eigenvalue weighted by Crippen LogP contribution is -2.32. The van der Waals surface area contributed by atoms with Crippen LogP contribution in [0.25, 0.3) is 0 Å². The highest BCUT2D eigenvalue weighted by Gasteiger charge is 2.23. The Morgan fingerprint density at radius 1 is 1.30 bits per heavy atom. The number of piperidine rings is 1. The Bertz CT molecular complexity index is 545. The van der Waals surface area contributed by atoms with Gasteiger partial charge in [-0.05, 0) is 42.5 Å². The smallest absolute Gasteiger partial charge is 0.165 e. The van der Waals surface area contributed by atoms with Gasteiger partial charge in [-0.3, -0.25) is 4.99 Å². The van der Waals surface area contributed by atoms with Crippen LogP contribution in [-0.2, 0) is 0 Å². The van der Waals surface area contributed by atoms with Crippen molar-refractivity contribution >= 4 is 6.21 Å². The third-order valence-electron chi connectivity index (χ3n) is 4.17. The maximum absolute atomic E-state index is 13.8. The summed E-state index contributed by atoms with van der Waals surface area (Å²) in [6, 6.07) is 5.33. The summed E-state index contributed by atoms with van der Waals surface area (Å²) in [6.45, 7) is 2.85. The maximum atomic E-state index is 13.8. The third-order valence-corrected chi connectivity index (χ3v) is 4.17. The van der Waals surface area contributed by atoms with Gasteiger partial charge in [0.05, 0.1) is 13.7 Å². The van der Waals surface area contributed by atoms with E-state index in [2.05, 4.69) is 16.0 Å². The number of benzene rings is 1. The summed E-state index contributed by atoms with van der Waals surface area (Å²) in [5.41, 5.74) is 2.39. The summed E-state index contributed by atoms with van der Waals surface area (Å²) in [5.74, 6) is 0.494. The normalized spacial score (nSPS) is 19.3. The largest absolute Gasteiger partial charge is 0.494 e. The van der Waals surface area contributed by atoms with Gasteiger partial charge in [0.15, 0.2) is 11.6 Å². The van der Waals surface area contributed by atoms with Gasteiger partial charge in [-0.15, -0.1) is 0 Å². The van der Waals surface area contributed by atoms with Crippen LogP contribution in [-0.4, -0.2) is 37.9 Å². The van der Waals surface area contributed by atoms with Gasteiger partial charge in [0.1, 0.15) is 0 Å². The molecule has 0 spiro atoms. The van der Waals surface area contributed by atoms with Gasteiger partial charge in [-0.1, -0.05) is 6.07 Å². The predicted octanol–water partition coefficient (Wildman–Crippen LogP) is 2.98. The molecule has 0 amide bonds. The van der Waals surface area contributed by atoms with E-state index in [1.165, 1.54) is 12.8 Å². The fraction of sp³-hybridized carbons (Fsp3) is 0.438. The van der Waals surface area contributed by atoms with Crippen LogP contribution < -0.4 is 4.74 Å². The van der Waals surface area contributed by atoms with Gasteiger partial charge >= 0.3 is 0 Å². The van der Waals surface area contributed by atoms with Crippen LogP contribution in [0.1, 0.15) is 24.3 Å². The van der Waals surface area contributed by atoms with Gasteiger partial charge in [-0.2, -0.15) is 0 Å². The minimum Gasteiger partial charge on any atom is -0.494 e. The Balaban J connectivity index is 1.64. The minimum atomic E-state index is -0.265. The molecule has 2 aliphatic rings. The van der Waals surface area contributed by atoms with Crippen molar-refractivity contribution in [1.82, 2.24) is 4.90 Å². The molecule has 1 saturated heterocycles. The van der Waals surface area contributed by atoms with E-state index in [4.69, 9.17) is 4.74 Å². The van der Waals surface area contributed by atoms with E-state index >= 15 is 0 Å². The van der Waals surface area contributed by atoms with Crippen LogP contribution in [0.5, 0.6) is 5.75 Å². The zero-order valence-corrected chi connectivity index (χ0v) is 11.7. The van der Waals surface area contributed by atoms with E-state index in [-0.39, 0.29) is 5.82 Å². The zero-order chi connectivity index (χ0) is 13.9. The van der Waals surface area contributed by atoms with E-state index in [1.807, 2.05) is 12.3 Å². The molecular weight excluding hydrogens is 255 g/mol. The highest BCUT2D eigenvalue weighted by molar-refractivity contribution is 5.74. The zero-order valence-electron chi connectivity index (χ0n) is 11.7. The van der Waals surface area contributed by atoms with Crippen molar-refractivity contribution in [2.24, 2.45) is 4.99 Å². The molecule has 0 aromatic heterocycles. The fourth-order valence-electron chi connectivity index (χ4n) is 2.98. The molecule has 0 radical (unpaired) electrons. The Labute approximate surface area is 118 Å². The van der Waals surface area contributed by atoms with E-state index < -0.39 is 0 Å². The van der Waals surface area contributed by atoms with Crippen molar-refractivity contribution in [3.05, 3.63) is 41.4 Å². The Hall–Kier alpha value is -1.84. The second-order valence-corrected chi connectivity index (χ2v) is 5.30. The quantitative estimate of drug-likeness (QED) is 0.846. The first-order valence-corrected chi connectivity index (χ1v) is 7.05. The van der Waals surface area contributed by atoms with Crippen LogP contribution >= 0.6 is 0 Å². The lowest BCUT2D eigenvalue weighted by atomic mass is 9.89. The maximum Gasteiger partial charge on any atom is 0.165 e. The molecule has 20 heavy (non-hydrogen) atoms. The summed E-state index contributed by atoms with van der Waals surface area (Å²) in [6.07, 6.45) is 6.08. The Kier molecular flexibility index (Phi) is 3.72. The molecule has 0 N–H and O–H groups in total. The Morgan fingerprint density at radius 2 is 2.10 bits per heavy atom. The summed E-state index contributed by atoms with van der Waals surface area (Å²) in [4.78, 5) is 6.62. The fourth-order valence-corrected chi connectivity index (χ4v) is 2.98. The molecule has 1 aromatic carbocycles. The van der Waals surface area contributed by atoms with Crippen LogP contribution in [0, 0.1) is 5.82 Å². The van der Waals surface area contributed by atoms with Crippen molar-refractivity contribution in [1.29, 1.82) is 0 Å². The summed E-state index contributed by atoms with van der Waals surface area (Å²) < 4.78 is 18.7. The minimum absolute atomic E-state index is 0.265. The monoisotopic (exact) mass is 274 g/mol. The molecule has 1 fully saturated rings. The van der Waals surface area contributed by atoms with Crippen LogP contribution in [0.3, 0.4) is 0 Å². The molecule has 0 unspecified atom stereocenters. The first-order valence-electron chi connectivity index (χ1n) is 7.05. The molecule has 2 aliphatic heterocycles. The number of allylic oxidation sites excluding steroid dienone is 1. The highest BCUT2D eigenvalue weighted by Crippen LogP contribution is 2.31. The topological polar surface area (TPSA) is 24.8 Å². The molecule has 2 heterocycles.